The van der Waals surface area contributed by atoms with Crippen molar-refractivity contribution in [2.24, 2.45) is 0 Å². The van der Waals surface area contributed by atoms with Crippen LogP contribution in [-0.2, 0) is 22.4 Å². The minimum atomic E-state index is -0.484. The highest BCUT2D eigenvalue weighted by atomic mass is 16.5. The van der Waals surface area contributed by atoms with Crippen LogP contribution in [0.15, 0.2) is 59.5 Å². The lowest BCUT2D eigenvalue weighted by molar-refractivity contribution is -0.140. The third kappa shape index (κ3) is 4.58. The van der Waals surface area contributed by atoms with Crippen molar-refractivity contribution in [3.8, 4) is 5.75 Å². The lowest BCUT2D eigenvalue weighted by Gasteiger charge is -2.32. The van der Waals surface area contributed by atoms with E-state index in [-0.39, 0.29) is 23.6 Å². The molecule has 0 unspecified atom stereocenters. The number of nitrogens with zero attached hydrogens (tertiary/aromatic N) is 1. The number of rotatable bonds is 6. The molecule has 7 heteroatoms. The predicted octanol–water partition coefficient (Wildman–Crippen LogP) is 4.64. The summed E-state index contributed by atoms with van der Waals surface area (Å²) in [7, 11) is 1.36. The summed E-state index contributed by atoms with van der Waals surface area (Å²) in [6, 6.07) is 15.8. The van der Waals surface area contributed by atoms with Crippen LogP contribution >= 0.6 is 0 Å². The van der Waals surface area contributed by atoms with Crippen LogP contribution in [0.25, 0.3) is 10.9 Å². The molecule has 3 heterocycles. The van der Waals surface area contributed by atoms with Gasteiger partial charge in [0.1, 0.15) is 11.4 Å². The summed E-state index contributed by atoms with van der Waals surface area (Å²) < 4.78 is 11.1. The summed E-state index contributed by atoms with van der Waals surface area (Å²) >= 11 is 0. The van der Waals surface area contributed by atoms with E-state index >= 15 is 0 Å². The topological polar surface area (TPSA) is 97.1 Å². The zero-order valence-electron chi connectivity index (χ0n) is 20.2. The van der Waals surface area contributed by atoms with Crippen LogP contribution in [0.5, 0.6) is 5.75 Å². The molecule has 7 nitrogen and oxygen atoms in total. The number of methoxy groups -OCH3 is 1. The maximum Gasteiger partial charge on any atom is 0.306 e. The van der Waals surface area contributed by atoms with Gasteiger partial charge in [-0.25, -0.2) is 0 Å². The first-order chi connectivity index (χ1) is 16.8. The Labute approximate surface area is 203 Å². The number of H-pyrrole nitrogens is 2. The van der Waals surface area contributed by atoms with Crippen LogP contribution in [0, 0.1) is 0 Å². The van der Waals surface area contributed by atoms with E-state index < -0.39 is 5.92 Å². The minimum absolute atomic E-state index is 0.0472. The van der Waals surface area contributed by atoms with E-state index in [1.54, 1.807) is 6.20 Å². The lowest BCUT2D eigenvalue weighted by Crippen LogP contribution is -2.32. The molecule has 0 saturated heterocycles. The largest absolute Gasteiger partial charge is 0.488 e. The zero-order chi connectivity index (χ0) is 24.6. The van der Waals surface area contributed by atoms with Crippen molar-refractivity contribution in [1.29, 1.82) is 0 Å². The van der Waals surface area contributed by atoms with Gasteiger partial charge in [0, 0.05) is 35.2 Å². The third-order valence-corrected chi connectivity index (χ3v) is 6.79. The van der Waals surface area contributed by atoms with Crippen LogP contribution in [0.4, 0.5) is 0 Å². The molecule has 2 N–H and O–H groups in total. The van der Waals surface area contributed by atoms with E-state index in [4.69, 9.17) is 9.47 Å². The standard InChI is InChI=1S/C28H29N3O4/c1-28(2)12-10-18-14-17(8-9-24(18)35-28)15-23-26(27(33)31-30-23)21(16-25(32)34-3)19-11-13-29-22-7-5-4-6-20(19)22/h4-9,11,13-14,21H,10,12,15-16H2,1-3H3,(H2,30,31,33)/t21-/m1/s1. The highest BCUT2D eigenvalue weighted by molar-refractivity contribution is 5.84. The van der Waals surface area contributed by atoms with E-state index in [1.165, 1.54) is 12.7 Å². The first-order valence-corrected chi connectivity index (χ1v) is 11.9. The van der Waals surface area contributed by atoms with Gasteiger partial charge in [-0.1, -0.05) is 30.3 Å². The van der Waals surface area contributed by atoms with Crippen LogP contribution in [0.1, 0.15) is 60.6 Å². The van der Waals surface area contributed by atoms with E-state index in [0.29, 0.717) is 12.0 Å². The van der Waals surface area contributed by atoms with E-state index in [1.807, 2.05) is 42.5 Å². The SMILES string of the molecule is COC(=O)C[C@@H](c1c(Cc2ccc3c(c2)CCC(C)(C)O3)[nH][nH]c1=O)c1ccnc2ccccc12. The number of fused-ring (bicyclic) bond motifs is 2. The molecule has 1 atom stereocenters. The molecular weight excluding hydrogens is 442 g/mol. The van der Waals surface area contributed by atoms with Gasteiger partial charge in [-0.05, 0) is 61.6 Å². The molecule has 2 aromatic heterocycles. The number of esters is 1. The van der Waals surface area contributed by atoms with Gasteiger partial charge in [-0.2, -0.15) is 0 Å². The smallest absolute Gasteiger partial charge is 0.306 e. The Morgan fingerprint density at radius 3 is 2.83 bits per heavy atom. The normalized spacial score (nSPS) is 15.3. The van der Waals surface area contributed by atoms with Crippen molar-refractivity contribution in [3.05, 3.63) is 93.0 Å². The molecule has 0 aliphatic carbocycles. The number of carbonyl (C=O) groups is 1. The van der Waals surface area contributed by atoms with Gasteiger partial charge in [0.05, 0.1) is 19.0 Å². The number of para-hydroxylation sites is 1. The van der Waals surface area contributed by atoms with Gasteiger partial charge in [0.2, 0.25) is 0 Å². The number of nitrogens with one attached hydrogen (secondary N) is 2. The average molecular weight is 472 g/mol. The van der Waals surface area contributed by atoms with E-state index in [0.717, 1.165) is 46.3 Å². The van der Waals surface area contributed by atoms with E-state index in [9.17, 15) is 9.59 Å². The van der Waals surface area contributed by atoms with E-state index in [2.05, 4.69) is 35.1 Å². The molecule has 2 aromatic carbocycles. The number of hydrogen-bond donors (Lipinski definition) is 2. The highest BCUT2D eigenvalue weighted by Crippen LogP contribution is 2.36. The highest BCUT2D eigenvalue weighted by Gasteiger charge is 2.29. The fourth-order valence-electron chi connectivity index (χ4n) is 4.98. The molecule has 180 valence electrons. The van der Waals surface area contributed by atoms with Gasteiger partial charge in [0.25, 0.3) is 5.56 Å². The number of benzene rings is 2. The fourth-order valence-corrected chi connectivity index (χ4v) is 4.98. The summed E-state index contributed by atoms with van der Waals surface area (Å²) in [5.41, 5.74) is 4.82. The second-order valence-electron chi connectivity index (χ2n) is 9.70. The molecule has 0 fully saturated rings. The van der Waals surface area contributed by atoms with Gasteiger partial charge in [-0.15, -0.1) is 0 Å². The van der Waals surface area contributed by atoms with Crippen molar-refractivity contribution in [3.63, 3.8) is 0 Å². The average Bonchev–Trinajstić information content (AvgIpc) is 3.21. The number of pyridine rings is 1. The second kappa shape index (κ2) is 9.06. The third-order valence-electron chi connectivity index (χ3n) is 6.79. The molecule has 5 rings (SSSR count). The summed E-state index contributed by atoms with van der Waals surface area (Å²) in [6.07, 6.45) is 4.18. The second-order valence-corrected chi connectivity index (χ2v) is 9.70. The molecule has 0 amide bonds. The Kier molecular flexibility index (Phi) is 5.93. The van der Waals surface area contributed by atoms with Crippen molar-refractivity contribution in [2.45, 2.75) is 51.0 Å². The van der Waals surface area contributed by atoms with Crippen LogP contribution in [0.2, 0.25) is 0 Å². The number of aromatic amines is 2. The first kappa shape index (κ1) is 22.9. The summed E-state index contributed by atoms with van der Waals surface area (Å²) in [5.74, 6) is 0.0534. The summed E-state index contributed by atoms with van der Waals surface area (Å²) in [5, 5.41) is 6.72. The Hall–Kier alpha value is -3.87. The Balaban J connectivity index is 1.55. The summed E-state index contributed by atoms with van der Waals surface area (Å²) in [6.45, 7) is 4.20. The Bertz CT molecular complexity index is 1440. The molecule has 0 saturated carbocycles. The Morgan fingerprint density at radius 2 is 2.00 bits per heavy atom. The molecule has 0 spiro atoms. The number of aromatic nitrogens is 3. The number of carbonyl (C=O) groups excluding carboxylic acids is 1. The molecule has 4 aromatic rings. The van der Waals surface area contributed by atoms with Gasteiger partial charge in [0.15, 0.2) is 0 Å². The van der Waals surface area contributed by atoms with Gasteiger partial charge in [-0.3, -0.25) is 19.7 Å². The van der Waals surface area contributed by atoms with Crippen LogP contribution < -0.4 is 10.3 Å². The number of hydrogen-bond acceptors (Lipinski definition) is 5. The Morgan fingerprint density at radius 1 is 1.17 bits per heavy atom. The molecule has 1 aliphatic rings. The maximum atomic E-state index is 13.1. The minimum Gasteiger partial charge on any atom is -0.488 e. The van der Waals surface area contributed by atoms with Crippen molar-refractivity contribution in [2.75, 3.05) is 7.11 Å². The molecule has 1 aliphatic heterocycles. The molecule has 0 bridgehead atoms. The van der Waals surface area contributed by atoms with Crippen molar-refractivity contribution in [1.82, 2.24) is 15.2 Å². The zero-order valence-corrected chi connectivity index (χ0v) is 20.2. The quantitative estimate of drug-likeness (QED) is 0.399. The van der Waals surface area contributed by atoms with Crippen LogP contribution in [-0.4, -0.2) is 33.9 Å². The van der Waals surface area contributed by atoms with Crippen molar-refractivity contribution >= 4 is 16.9 Å². The molecule has 0 radical (unpaired) electrons. The molecule has 35 heavy (non-hydrogen) atoms. The summed E-state index contributed by atoms with van der Waals surface area (Å²) in [4.78, 5) is 30.0. The van der Waals surface area contributed by atoms with Crippen molar-refractivity contribution < 1.29 is 14.3 Å². The monoisotopic (exact) mass is 471 g/mol. The first-order valence-electron chi connectivity index (χ1n) is 11.9. The van der Waals surface area contributed by atoms with Crippen LogP contribution in [0.3, 0.4) is 0 Å². The van der Waals surface area contributed by atoms with Gasteiger partial charge >= 0.3 is 5.97 Å². The lowest BCUT2D eigenvalue weighted by atomic mass is 9.85. The predicted molar refractivity (Wildman–Crippen MR) is 134 cm³/mol. The number of aryl methyl sites for hydroxylation is 1. The van der Waals surface area contributed by atoms with Gasteiger partial charge < -0.3 is 14.6 Å². The number of ether oxygens (including phenoxy) is 2. The fraction of sp³-hybridized carbons (Fsp3) is 0.321. The maximum absolute atomic E-state index is 13.1. The molecular formula is C28H29N3O4.